The molecule has 0 radical (unpaired) electrons. The molecule has 3 N–H and O–H groups in total. The highest BCUT2D eigenvalue weighted by Gasteiger charge is 2.40. The number of nitrogens with zero attached hydrogens (tertiary/aromatic N) is 4. The highest BCUT2D eigenvalue weighted by atomic mass is 32.1. The second-order valence-electron chi connectivity index (χ2n) is 9.45. The van der Waals surface area contributed by atoms with E-state index in [0.29, 0.717) is 11.2 Å². The summed E-state index contributed by atoms with van der Waals surface area (Å²) < 4.78 is 2.38. The predicted molar refractivity (Wildman–Crippen MR) is 127 cm³/mol. The van der Waals surface area contributed by atoms with Crippen LogP contribution in [0.2, 0.25) is 0 Å². The number of H-pyrrole nitrogens is 1. The molecule has 0 atom stereocenters. The maximum atomic E-state index is 11.2. The maximum absolute atomic E-state index is 11.2. The van der Waals surface area contributed by atoms with Gasteiger partial charge in [0.1, 0.15) is 10.6 Å². The van der Waals surface area contributed by atoms with E-state index in [2.05, 4.69) is 42.1 Å². The Morgan fingerprint density at radius 1 is 1.24 bits per heavy atom. The number of likely N-dealkylation sites (tertiary alicyclic amines) is 1. The van der Waals surface area contributed by atoms with Crippen molar-refractivity contribution in [2.75, 3.05) is 18.4 Å². The normalized spacial score (nSPS) is 19.1. The van der Waals surface area contributed by atoms with Gasteiger partial charge in [-0.25, -0.2) is 9.78 Å². The molecule has 0 bridgehead atoms. The second kappa shape index (κ2) is 8.22. The van der Waals surface area contributed by atoms with Crippen LogP contribution in [0.15, 0.2) is 18.3 Å². The third-order valence-electron chi connectivity index (χ3n) is 7.15. The highest BCUT2D eigenvalue weighted by Crippen LogP contribution is 2.41. The number of carbonyl (C=O) groups is 1. The van der Waals surface area contributed by atoms with Crippen molar-refractivity contribution in [3.63, 3.8) is 0 Å². The molecule has 4 heterocycles. The number of piperidine rings is 1. The third kappa shape index (κ3) is 3.93. The Labute approximate surface area is 196 Å². The Bertz CT molecular complexity index is 1190. The minimum Gasteiger partial charge on any atom is -0.465 e. The number of anilines is 1. The first-order valence-corrected chi connectivity index (χ1v) is 12.7. The van der Waals surface area contributed by atoms with Crippen LogP contribution >= 0.6 is 11.3 Å². The predicted octanol–water partition coefficient (Wildman–Crippen LogP) is 4.17. The number of carboxylic acid groups (broad SMARTS) is 1. The summed E-state index contributed by atoms with van der Waals surface area (Å²) in [6.07, 6.45) is 8.63. The number of aromatic nitrogens is 4. The molecule has 3 aliphatic rings. The van der Waals surface area contributed by atoms with Gasteiger partial charge in [-0.1, -0.05) is 11.3 Å². The van der Waals surface area contributed by atoms with E-state index in [1.165, 1.54) is 35.4 Å². The van der Waals surface area contributed by atoms with Crippen LogP contribution in [0.1, 0.15) is 55.1 Å². The number of amides is 1. The summed E-state index contributed by atoms with van der Waals surface area (Å²) in [4.78, 5) is 24.2. The standard InChI is InChI=1S/C24H28N6O2S/c1-14-5-6-15(13-25-14)20-18-3-2-4-19-22(33-23(26-19)27-24(31)32)21(18)30(28-20)17-9-11-29(12-10-17)16-7-8-16/h5-6,13,16-17H,2-4,7-12H2,1H3,(H2,26,27,28,31,32)/p+1. The van der Waals surface area contributed by atoms with E-state index in [0.717, 1.165) is 78.8 Å². The van der Waals surface area contributed by atoms with E-state index in [1.807, 2.05) is 13.1 Å². The Morgan fingerprint density at radius 2 is 2.06 bits per heavy atom. The fraction of sp³-hybridized carbons (Fsp3) is 0.500. The number of aryl methyl sites for hydroxylation is 2. The molecule has 1 saturated heterocycles. The van der Waals surface area contributed by atoms with Crippen molar-refractivity contribution in [3.8, 4) is 21.8 Å². The minimum atomic E-state index is -1.07. The molecule has 1 aliphatic heterocycles. The van der Waals surface area contributed by atoms with Crippen molar-refractivity contribution in [2.24, 2.45) is 0 Å². The Balaban J connectivity index is 1.45. The highest BCUT2D eigenvalue weighted by molar-refractivity contribution is 7.19. The molecule has 0 spiro atoms. The average Bonchev–Trinajstić information content (AvgIpc) is 3.52. The number of nitrogens with one attached hydrogen (secondary N) is 2. The molecule has 3 aromatic rings. The van der Waals surface area contributed by atoms with Crippen LogP contribution in [0.25, 0.3) is 21.8 Å². The molecule has 172 valence electrons. The van der Waals surface area contributed by atoms with Gasteiger partial charge in [-0.2, -0.15) is 5.10 Å². The van der Waals surface area contributed by atoms with Crippen molar-refractivity contribution < 1.29 is 14.6 Å². The number of pyridine rings is 1. The lowest BCUT2D eigenvalue weighted by Crippen LogP contribution is -2.49. The molecule has 8 nitrogen and oxygen atoms in total. The van der Waals surface area contributed by atoms with Gasteiger partial charge >= 0.3 is 6.09 Å². The summed E-state index contributed by atoms with van der Waals surface area (Å²) >= 11 is 1.45. The van der Waals surface area contributed by atoms with Crippen molar-refractivity contribution in [3.05, 3.63) is 35.3 Å². The van der Waals surface area contributed by atoms with Gasteiger partial charge in [0.05, 0.1) is 11.3 Å². The van der Waals surface area contributed by atoms with Crippen LogP contribution in [-0.4, -0.2) is 50.3 Å². The van der Waals surface area contributed by atoms with Gasteiger partial charge in [-0.15, -0.1) is 4.68 Å². The zero-order valence-corrected chi connectivity index (χ0v) is 19.6. The van der Waals surface area contributed by atoms with Crippen molar-refractivity contribution in [1.29, 1.82) is 0 Å². The van der Waals surface area contributed by atoms with Crippen molar-refractivity contribution >= 4 is 22.6 Å². The summed E-state index contributed by atoms with van der Waals surface area (Å²) in [7, 11) is 0. The summed E-state index contributed by atoms with van der Waals surface area (Å²) in [5.41, 5.74) is 6.73. The number of hydrogen-bond donors (Lipinski definition) is 3. The van der Waals surface area contributed by atoms with Crippen LogP contribution in [0.4, 0.5) is 9.93 Å². The van der Waals surface area contributed by atoms with E-state index in [-0.39, 0.29) is 0 Å². The molecule has 9 heteroatoms. The maximum Gasteiger partial charge on any atom is 0.410 e. The van der Waals surface area contributed by atoms with Gasteiger partial charge in [0.15, 0.2) is 11.2 Å². The monoisotopic (exact) mass is 465 g/mol. The quantitative estimate of drug-likeness (QED) is 0.502. The number of fused-ring (bicyclic) bond motifs is 3. The van der Waals surface area contributed by atoms with Crippen LogP contribution in [0.5, 0.6) is 0 Å². The van der Waals surface area contributed by atoms with E-state index in [9.17, 15) is 9.90 Å². The Morgan fingerprint density at radius 3 is 2.76 bits per heavy atom. The number of rotatable bonds is 4. The first kappa shape index (κ1) is 20.8. The van der Waals surface area contributed by atoms with Crippen LogP contribution in [0.3, 0.4) is 0 Å². The summed E-state index contributed by atoms with van der Waals surface area (Å²) in [5, 5.41) is 15.9. The number of thiazole rings is 1. The number of hydrogen-bond acceptors (Lipinski definition) is 5. The zero-order valence-electron chi connectivity index (χ0n) is 18.8. The van der Waals surface area contributed by atoms with E-state index in [1.54, 1.807) is 0 Å². The fourth-order valence-corrected chi connectivity index (χ4v) is 6.43. The number of aromatic amines is 1. The molecule has 33 heavy (non-hydrogen) atoms. The molecular formula is C24H29N6O2S+. The van der Waals surface area contributed by atoms with Crippen LogP contribution < -0.4 is 10.00 Å². The van der Waals surface area contributed by atoms with Gasteiger partial charge in [0.25, 0.3) is 5.69 Å². The van der Waals surface area contributed by atoms with Gasteiger partial charge in [-0.3, -0.25) is 15.2 Å². The summed E-state index contributed by atoms with van der Waals surface area (Å²) in [6, 6.07) is 5.41. The van der Waals surface area contributed by atoms with Crippen LogP contribution in [0, 0.1) is 6.92 Å². The summed E-state index contributed by atoms with van der Waals surface area (Å²) in [6.45, 7) is 4.28. The lowest BCUT2D eigenvalue weighted by atomic mass is 10.0. The molecule has 3 aromatic heterocycles. The Kier molecular flexibility index (Phi) is 5.18. The molecule has 2 fully saturated rings. The molecule has 0 unspecified atom stereocenters. The average molecular weight is 466 g/mol. The van der Waals surface area contributed by atoms with Crippen molar-refractivity contribution in [1.82, 2.24) is 20.0 Å². The molecule has 0 aromatic carbocycles. The lowest BCUT2D eigenvalue weighted by molar-refractivity contribution is -0.766. The lowest BCUT2D eigenvalue weighted by Gasteiger charge is -2.28. The van der Waals surface area contributed by atoms with Gasteiger partial charge in [0.2, 0.25) is 0 Å². The van der Waals surface area contributed by atoms with Crippen LogP contribution in [-0.2, 0) is 12.8 Å². The van der Waals surface area contributed by atoms with E-state index >= 15 is 0 Å². The SMILES string of the molecule is Cc1ccc(-c2[nH][n+](C3CCN(C4CC4)CC3)c3c2CCCc2nc(NC(=O)O)sc2-3)cn1. The van der Waals surface area contributed by atoms with E-state index < -0.39 is 6.09 Å². The molecule has 6 rings (SSSR count). The van der Waals surface area contributed by atoms with Gasteiger partial charge in [0, 0.05) is 49.4 Å². The smallest absolute Gasteiger partial charge is 0.410 e. The largest absolute Gasteiger partial charge is 0.465 e. The molecule has 1 amide bonds. The third-order valence-corrected chi connectivity index (χ3v) is 8.17. The molecule has 1 saturated carbocycles. The van der Waals surface area contributed by atoms with Gasteiger partial charge < -0.3 is 5.11 Å². The first-order chi connectivity index (χ1) is 16.1. The fourth-order valence-electron chi connectivity index (χ4n) is 5.36. The van der Waals surface area contributed by atoms with Gasteiger partial charge in [-0.05, 0) is 51.2 Å². The zero-order chi connectivity index (χ0) is 22.5. The Hall–Kier alpha value is -2.78. The molecule has 2 aliphatic carbocycles. The first-order valence-electron chi connectivity index (χ1n) is 11.9. The summed E-state index contributed by atoms with van der Waals surface area (Å²) in [5.74, 6) is 0. The molecular weight excluding hydrogens is 436 g/mol. The van der Waals surface area contributed by atoms with E-state index in [4.69, 9.17) is 0 Å². The topological polar surface area (TPSA) is 98.0 Å². The van der Waals surface area contributed by atoms with Crippen molar-refractivity contribution in [2.45, 2.75) is 64.0 Å². The minimum absolute atomic E-state index is 0.393. The second-order valence-corrected chi connectivity index (χ2v) is 10.4.